The predicted molar refractivity (Wildman–Crippen MR) is 131 cm³/mol. The maximum atomic E-state index is 13.5. The molecule has 1 aromatic heterocycles. The highest BCUT2D eigenvalue weighted by atomic mass is 32.1. The molecule has 2 aromatic rings. The van der Waals surface area contributed by atoms with Gasteiger partial charge in [-0.3, -0.25) is 14.6 Å². The lowest BCUT2D eigenvalue weighted by Gasteiger charge is -2.40. The number of amides is 3. The second-order valence-corrected chi connectivity index (χ2v) is 10.0. The van der Waals surface area contributed by atoms with Crippen molar-refractivity contribution in [2.75, 3.05) is 26.2 Å². The van der Waals surface area contributed by atoms with Crippen molar-refractivity contribution in [3.63, 3.8) is 0 Å². The van der Waals surface area contributed by atoms with Crippen LogP contribution in [0.4, 0.5) is 4.79 Å². The maximum absolute atomic E-state index is 13.5. The minimum Gasteiger partial charge on any atom is -0.504 e. The average Bonchev–Trinajstić information content (AvgIpc) is 3.35. The molecule has 1 atom stereocenters. The molecule has 3 heterocycles. The Morgan fingerprint density at radius 3 is 2.68 bits per heavy atom. The number of hydrogen-bond acceptors (Lipinski definition) is 7. The van der Waals surface area contributed by atoms with Gasteiger partial charge < -0.3 is 15.2 Å². The van der Waals surface area contributed by atoms with Crippen LogP contribution in [0, 0.1) is 12.8 Å². The molecule has 0 unspecified atom stereocenters. The highest BCUT2D eigenvalue weighted by Crippen LogP contribution is 2.37. The summed E-state index contributed by atoms with van der Waals surface area (Å²) >= 11 is 1.56. The summed E-state index contributed by atoms with van der Waals surface area (Å²) in [5.74, 6) is 0.695. The lowest BCUT2D eigenvalue weighted by Crippen LogP contribution is -2.55. The Bertz CT molecular complexity index is 1030. The summed E-state index contributed by atoms with van der Waals surface area (Å²) in [5, 5.41) is 13.6. The number of aromatic nitrogens is 1. The van der Waals surface area contributed by atoms with E-state index < -0.39 is 5.54 Å². The van der Waals surface area contributed by atoms with E-state index in [-0.39, 0.29) is 23.6 Å². The van der Waals surface area contributed by atoms with Crippen LogP contribution >= 0.6 is 11.3 Å². The van der Waals surface area contributed by atoms with Gasteiger partial charge in [0.25, 0.3) is 5.91 Å². The van der Waals surface area contributed by atoms with E-state index in [1.807, 2.05) is 32.9 Å². The van der Waals surface area contributed by atoms with Gasteiger partial charge in [-0.2, -0.15) is 0 Å². The van der Waals surface area contributed by atoms with Gasteiger partial charge >= 0.3 is 6.03 Å². The van der Waals surface area contributed by atoms with Crippen molar-refractivity contribution in [2.24, 2.45) is 5.92 Å². The normalized spacial score (nSPS) is 21.8. The first-order valence-corrected chi connectivity index (χ1v) is 13.0. The van der Waals surface area contributed by atoms with Gasteiger partial charge in [0.2, 0.25) is 0 Å². The molecule has 2 saturated heterocycles. The highest BCUT2D eigenvalue weighted by molar-refractivity contribution is 7.09. The zero-order valence-electron chi connectivity index (χ0n) is 20.2. The van der Waals surface area contributed by atoms with Crippen molar-refractivity contribution in [3.05, 3.63) is 39.8 Å². The van der Waals surface area contributed by atoms with E-state index in [2.05, 4.69) is 15.2 Å². The first-order valence-electron chi connectivity index (χ1n) is 12.1. The number of phenols is 1. The van der Waals surface area contributed by atoms with E-state index in [0.717, 1.165) is 42.1 Å². The molecule has 3 amide bonds. The molecule has 2 aliphatic heterocycles. The van der Waals surface area contributed by atoms with E-state index >= 15 is 0 Å². The van der Waals surface area contributed by atoms with Crippen LogP contribution in [0.2, 0.25) is 0 Å². The third-order valence-corrected chi connectivity index (χ3v) is 8.22. The van der Waals surface area contributed by atoms with Crippen LogP contribution in [0.1, 0.15) is 49.2 Å². The Labute approximate surface area is 204 Å². The molecule has 0 radical (unpaired) electrons. The third-order valence-electron chi connectivity index (χ3n) is 7.23. The van der Waals surface area contributed by atoms with Crippen molar-refractivity contribution in [2.45, 2.75) is 58.5 Å². The largest absolute Gasteiger partial charge is 0.504 e. The molecular weight excluding hydrogens is 452 g/mol. The summed E-state index contributed by atoms with van der Waals surface area (Å²) < 4.78 is 5.51. The van der Waals surface area contributed by atoms with Crippen molar-refractivity contribution < 1.29 is 19.4 Å². The molecule has 4 rings (SSSR count). The molecule has 2 N–H and O–H groups in total. The van der Waals surface area contributed by atoms with Crippen molar-refractivity contribution in [1.29, 1.82) is 0 Å². The minimum atomic E-state index is -0.830. The molecule has 1 aromatic carbocycles. The Morgan fingerprint density at radius 2 is 2.03 bits per heavy atom. The predicted octanol–water partition coefficient (Wildman–Crippen LogP) is 3.71. The molecule has 0 aliphatic carbocycles. The number of imide groups is 1. The standard InChI is InChI=1S/C25H34N4O4S/c1-4-25(23(31)29(24(32)27-25)14-11-21-17(3)26-16-34-21)19-9-12-28(13-10-19)15-18-7-6-8-20(22(18)30)33-5-2/h6-8,16,19,30H,4-5,9-15H2,1-3H3,(H,27,32)/t25-/m0/s1. The molecule has 8 nitrogen and oxygen atoms in total. The lowest BCUT2D eigenvalue weighted by atomic mass is 9.75. The molecule has 0 spiro atoms. The summed E-state index contributed by atoms with van der Waals surface area (Å²) in [6.07, 6.45) is 2.84. The monoisotopic (exact) mass is 486 g/mol. The number of hydrogen-bond donors (Lipinski definition) is 2. The van der Waals surface area contributed by atoms with Gasteiger partial charge in [-0.05, 0) is 58.2 Å². The van der Waals surface area contributed by atoms with Crippen molar-refractivity contribution in [3.8, 4) is 11.5 Å². The number of ether oxygens (including phenoxy) is 1. The van der Waals surface area contributed by atoms with Gasteiger partial charge in [0, 0.05) is 30.0 Å². The number of likely N-dealkylation sites (tertiary alicyclic amines) is 1. The zero-order chi connectivity index (χ0) is 24.3. The van der Waals surface area contributed by atoms with Crippen molar-refractivity contribution >= 4 is 23.3 Å². The molecule has 2 fully saturated rings. The second-order valence-electron chi connectivity index (χ2n) is 9.07. The van der Waals surface area contributed by atoms with E-state index in [9.17, 15) is 14.7 Å². The van der Waals surface area contributed by atoms with Crippen LogP contribution in [-0.2, 0) is 17.8 Å². The maximum Gasteiger partial charge on any atom is 0.325 e. The van der Waals surface area contributed by atoms with Crippen LogP contribution < -0.4 is 10.1 Å². The lowest BCUT2D eigenvalue weighted by molar-refractivity contribution is -0.134. The number of benzene rings is 1. The molecule has 9 heteroatoms. The van der Waals surface area contributed by atoms with E-state index in [1.54, 1.807) is 22.9 Å². The number of carbonyl (C=O) groups is 2. The summed E-state index contributed by atoms with van der Waals surface area (Å²) in [5.41, 5.74) is 2.77. The second kappa shape index (κ2) is 10.3. The van der Waals surface area contributed by atoms with Gasteiger partial charge in [-0.25, -0.2) is 9.78 Å². The number of aryl methyl sites for hydroxylation is 1. The first kappa shape index (κ1) is 24.5. The van der Waals surface area contributed by atoms with Crippen LogP contribution in [-0.4, -0.2) is 63.6 Å². The number of aromatic hydroxyl groups is 1. The average molecular weight is 487 g/mol. The number of para-hydroxylation sites is 1. The van der Waals surface area contributed by atoms with Gasteiger partial charge in [0.15, 0.2) is 11.5 Å². The molecule has 0 bridgehead atoms. The zero-order valence-corrected chi connectivity index (χ0v) is 21.0. The summed E-state index contributed by atoms with van der Waals surface area (Å²) in [6, 6.07) is 5.30. The molecule has 0 saturated carbocycles. The fraction of sp³-hybridized carbons (Fsp3) is 0.560. The van der Waals surface area contributed by atoms with Gasteiger partial charge in [0.05, 0.1) is 17.8 Å². The number of nitrogens with zero attached hydrogens (tertiary/aromatic N) is 3. The number of nitrogens with one attached hydrogen (secondary N) is 1. The quantitative estimate of drug-likeness (QED) is 0.525. The van der Waals surface area contributed by atoms with Crippen molar-refractivity contribution in [1.82, 2.24) is 20.1 Å². The van der Waals surface area contributed by atoms with Crippen LogP contribution in [0.5, 0.6) is 11.5 Å². The molecule has 184 valence electrons. The van der Waals surface area contributed by atoms with E-state index in [0.29, 0.717) is 38.3 Å². The fourth-order valence-corrected chi connectivity index (χ4v) is 5.99. The summed E-state index contributed by atoms with van der Waals surface area (Å²) in [7, 11) is 0. The third kappa shape index (κ3) is 4.63. The number of urea groups is 1. The molecule has 34 heavy (non-hydrogen) atoms. The molecular formula is C25H34N4O4S. The Balaban J connectivity index is 1.39. The van der Waals surface area contributed by atoms with E-state index in [1.165, 1.54) is 4.90 Å². The fourth-order valence-electron chi connectivity index (χ4n) is 5.22. The number of phenolic OH excluding ortho intramolecular Hbond substituents is 1. The summed E-state index contributed by atoms with van der Waals surface area (Å²) in [4.78, 5) is 35.4. The highest BCUT2D eigenvalue weighted by Gasteiger charge is 2.54. The summed E-state index contributed by atoms with van der Waals surface area (Å²) in [6.45, 7) is 8.94. The number of piperidine rings is 1. The smallest absolute Gasteiger partial charge is 0.325 e. The van der Waals surface area contributed by atoms with Gasteiger partial charge in [-0.1, -0.05) is 19.1 Å². The van der Waals surface area contributed by atoms with Crippen LogP contribution in [0.15, 0.2) is 23.7 Å². The van der Waals surface area contributed by atoms with Crippen LogP contribution in [0.3, 0.4) is 0 Å². The minimum absolute atomic E-state index is 0.0868. The number of carbonyl (C=O) groups excluding carboxylic acids is 2. The number of thiazole rings is 1. The Hall–Kier alpha value is -2.65. The molecule has 2 aliphatic rings. The first-order chi connectivity index (χ1) is 16.4. The van der Waals surface area contributed by atoms with Gasteiger partial charge in [0.1, 0.15) is 5.54 Å². The Morgan fingerprint density at radius 1 is 1.26 bits per heavy atom. The SMILES string of the molecule is CCOc1cccc(CN2CCC([C@]3(CC)NC(=O)N(CCc4scnc4C)C3=O)CC2)c1O. The van der Waals surface area contributed by atoms with Crippen LogP contribution in [0.25, 0.3) is 0 Å². The topological polar surface area (TPSA) is 95.0 Å². The van der Waals surface area contributed by atoms with E-state index in [4.69, 9.17) is 4.74 Å². The number of rotatable bonds is 9. The Kier molecular flexibility index (Phi) is 7.42. The van der Waals surface area contributed by atoms with Gasteiger partial charge in [-0.15, -0.1) is 11.3 Å².